The molecule has 0 aromatic heterocycles. The van der Waals surface area contributed by atoms with Gasteiger partial charge in [-0.2, -0.15) is 0 Å². The second-order valence-electron chi connectivity index (χ2n) is 7.60. The van der Waals surface area contributed by atoms with Gasteiger partial charge >= 0.3 is 5.97 Å². The van der Waals surface area contributed by atoms with Crippen LogP contribution in [-0.4, -0.2) is 11.1 Å². The van der Waals surface area contributed by atoms with E-state index in [2.05, 4.69) is 58.9 Å². The highest BCUT2D eigenvalue weighted by Crippen LogP contribution is 2.13. The third-order valence-electron chi connectivity index (χ3n) is 4.25. The zero-order valence-electron chi connectivity index (χ0n) is 18.1. The number of carboxylic acids is 1. The van der Waals surface area contributed by atoms with Gasteiger partial charge in [0, 0.05) is 6.08 Å². The van der Waals surface area contributed by atoms with Crippen LogP contribution in [0.4, 0.5) is 0 Å². The minimum atomic E-state index is -0.906. The smallest absolute Gasteiger partial charge is 0.328 e. The summed E-state index contributed by atoms with van der Waals surface area (Å²) in [4.78, 5) is 10.6. The predicted octanol–water partition coefficient (Wildman–Crippen LogP) is 7.72. The lowest BCUT2D eigenvalue weighted by molar-refractivity contribution is -0.131. The average Bonchev–Trinajstić information content (AvgIpc) is 2.53. The van der Waals surface area contributed by atoms with E-state index in [1.807, 2.05) is 12.2 Å². The van der Waals surface area contributed by atoms with E-state index in [0.29, 0.717) is 0 Å². The fraction of sp³-hybridized carbons (Fsp3) is 0.480. The molecule has 0 spiro atoms. The molecule has 2 nitrogen and oxygen atoms in total. The zero-order valence-corrected chi connectivity index (χ0v) is 18.1. The Morgan fingerprint density at radius 3 is 1.70 bits per heavy atom. The van der Waals surface area contributed by atoms with Crippen LogP contribution < -0.4 is 0 Å². The summed E-state index contributed by atoms with van der Waals surface area (Å²) in [7, 11) is 0. The molecule has 1 N–H and O–H groups in total. The zero-order chi connectivity index (χ0) is 20.7. The van der Waals surface area contributed by atoms with Crippen LogP contribution in [0, 0.1) is 0 Å². The van der Waals surface area contributed by atoms with Gasteiger partial charge in [-0.15, -0.1) is 0 Å². The minimum absolute atomic E-state index is 0.742. The van der Waals surface area contributed by atoms with E-state index in [4.69, 9.17) is 5.11 Å². The van der Waals surface area contributed by atoms with Crippen LogP contribution in [0.1, 0.15) is 80.1 Å². The lowest BCUT2D eigenvalue weighted by atomic mass is 10.0. The maximum absolute atomic E-state index is 10.6. The van der Waals surface area contributed by atoms with Gasteiger partial charge in [-0.25, -0.2) is 4.79 Å². The molecule has 0 rings (SSSR count). The fourth-order valence-corrected chi connectivity index (χ4v) is 2.58. The van der Waals surface area contributed by atoms with Crippen molar-refractivity contribution in [3.05, 3.63) is 70.4 Å². The molecule has 0 aromatic rings. The summed E-state index contributed by atoms with van der Waals surface area (Å²) in [6.07, 6.45) is 20.7. The first kappa shape index (κ1) is 24.9. The summed E-state index contributed by atoms with van der Waals surface area (Å²) in [5.41, 5.74) is 6.37. The van der Waals surface area contributed by atoms with Crippen LogP contribution in [0.2, 0.25) is 0 Å². The molecule has 0 unspecified atom stereocenters. The molecule has 0 radical (unpaired) electrons. The Kier molecular flexibility index (Phi) is 13.9. The Morgan fingerprint density at radius 2 is 1.22 bits per heavy atom. The molecule has 0 fully saturated rings. The van der Waals surface area contributed by atoms with E-state index in [-0.39, 0.29) is 0 Å². The molecule has 0 aliphatic rings. The molecule has 0 bridgehead atoms. The highest BCUT2D eigenvalue weighted by molar-refractivity contribution is 5.81. The molecular weight excluding hydrogens is 332 g/mol. The largest absolute Gasteiger partial charge is 0.478 e. The summed E-state index contributed by atoms with van der Waals surface area (Å²) in [5.74, 6) is -0.906. The van der Waals surface area contributed by atoms with E-state index in [1.165, 1.54) is 28.4 Å². The van der Waals surface area contributed by atoms with Crippen molar-refractivity contribution in [1.82, 2.24) is 0 Å². The number of hydrogen-bond donors (Lipinski definition) is 1. The average molecular weight is 371 g/mol. The Morgan fingerprint density at radius 1 is 0.741 bits per heavy atom. The van der Waals surface area contributed by atoms with Crippen LogP contribution in [0.15, 0.2) is 70.4 Å². The first-order valence-corrected chi connectivity index (χ1v) is 9.90. The monoisotopic (exact) mass is 370 g/mol. The van der Waals surface area contributed by atoms with Gasteiger partial charge in [0.15, 0.2) is 0 Å². The van der Waals surface area contributed by atoms with Gasteiger partial charge in [-0.3, -0.25) is 0 Å². The van der Waals surface area contributed by atoms with Gasteiger partial charge in [0.1, 0.15) is 0 Å². The highest BCUT2D eigenvalue weighted by Gasteiger charge is 1.93. The number of carboxylic acid groups (broad SMARTS) is 1. The van der Waals surface area contributed by atoms with Crippen molar-refractivity contribution in [3.63, 3.8) is 0 Å². The summed E-state index contributed by atoms with van der Waals surface area (Å²) in [6, 6.07) is 0. The van der Waals surface area contributed by atoms with Crippen LogP contribution in [0.25, 0.3) is 0 Å². The first-order chi connectivity index (χ1) is 12.7. The lowest BCUT2D eigenvalue weighted by Crippen LogP contribution is -1.87. The number of rotatable bonds is 12. The number of hydrogen-bond acceptors (Lipinski definition) is 1. The van der Waals surface area contributed by atoms with Gasteiger partial charge in [-0.05, 0) is 85.6 Å². The van der Waals surface area contributed by atoms with Gasteiger partial charge in [0.25, 0.3) is 0 Å². The van der Waals surface area contributed by atoms with Crippen molar-refractivity contribution in [2.24, 2.45) is 0 Å². The van der Waals surface area contributed by atoms with Crippen molar-refractivity contribution < 1.29 is 9.90 Å². The summed E-state index contributed by atoms with van der Waals surface area (Å²) >= 11 is 0. The number of aliphatic carboxylic acids is 1. The van der Waals surface area contributed by atoms with Crippen LogP contribution in [0.5, 0.6) is 0 Å². The predicted molar refractivity (Wildman–Crippen MR) is 119 cm³/mol. The quantitative estimate of drug-likeness (QED) is 0.217. The Labute approximate surface area is 166 Å². The first-order valence-electron chi connectivity index (χ1n) is 9.90. The molecule has 0 aliphatic heterocycles. The highest BCUT2D eigenvalue weighted by atomic mass is 16.4. The molecule has 0 aliphatic carbocycles. The van der Waals surface area contributed by atoms with Crippen LogP contribution >= 0.6 is 0 Å². The van der Waals surface area contributed by atoms with E-state index in [9.17, 15) is 4.79 Å². The lowest BCUT2D eigenvalue weighted by Gasteiger charge is -2.02. The van der Waals surface area contributed by atoms with E-state index < -0.39 is 5.97 Å². The van der Waals surface area contributed by atoms with Gasteiger partial charge in [0.05, 0.1) is 0 Å². The fourth-order valence-electron chi connectivity index (χ4n) is 2.58. The molecular formula is C25H38O2. The van der Waals surface area contributed by atoms with Crippen molar-refractivity contribution in [2.45, 2.75) is 80.1 Å². The van der Waals surface area contributed by atoms with E-state index in [0.717, 1.165) is 44.1 Å². The summed E-state index contributed by atoms with van der Waals surface area (Å²) in [6.45, 7) is 12.6. The second kappa shape index (κ2) is 15.0. The Hall–Kier alpha value is -2.09. The van der Waals surface area contributed by atoms with Crippen LogP contribution in [0.3, 0.4) is 0 Å². The standard InChI is InChI=1S/C25H38O2/c1-20(2)11-7-12-21(3)13-8-14-22(4)15-9-16-23(5)17-10-18-24(6)19-25(26)27/h10-11,13,15,17-19H,7-9,12,14,16H2,1-6H3,(H,26,27)/b18-10+,21-13+,22-15+,23-17+,24-19+. The molecule has 2 heteroatoms. The third kappa shape index (κ3) is 17.1. The Bertz CT molecular complexity index is 633. The molecule has 27 heavy (non-hydrogen) atoms. The second-order valence-corrected chi connectivity index (χ2v) is 7.60. The number of allylic oxidation sites excluding steroid dienone is 11. The SMILES string of the molecule is CC(C)=CCC/C(C)=C/CC/C(C)=C/CC/C(C)=C/C=C/C(C)=C/C(=O)O. The van der Waals surface area contributed by atoms with Crippen molar-refractivity contribution in [2.75, 3.05) is 0 Å². The Balaban J connectivity index is 4.20. The molecule has 0 aromatic carbocycles. The maximum atomic E-state index is 10.6. The molecule has 0 heterocycles. The number of carbonyl (C=O) groups is 1. The van der Waals surface area contributed by atoms with Crippen LogP contribution in [-0.2, 0) is 4.79 Å². The summed E-state index contributed by atoms with van der Waals surface area (Å²) in [5, 5.41) is 8.67. The van der Waals surface area contributed by atoms with Crippen molar-refractivity contribution in [1.29, 1.82) is 0 Å². The van der Waals surface area contributed by atoms with Gasteiger partial charge in [-0.1, -0.05) is 58.7 Å². The molecule has 0 saturated heterocycles. The van der Waals surface area contributed by atoms with E-state index >= 15 is 0 Å². The molecule has 0 amide bonds. The summed E-state index contributed by atoms with van der Waals surface area (Å²) < 4.78 is 0. The van der Waals surface area contributed by atoms with Gasteiger partial charge in [0.2, 0.25) is 0 Å². The molecule has 150 valence electrons. The molecule has 0 saturated carbocycles. The normalized spacial score (nSPS) is 14.0. The van der Waals surface area contributed by atoms with Crippen molar-refractivity contribution >= 4 is 5.97 Å². The van der Waals surface area contributed by atoms with Crippen molar-refractivity contribution in [3.8, 4) is 0 Å². The third-order valence-corrected chi connectivity index (χ3v) is 4.25. The van der Waals surface area contributed by atoms with Gasteiger partial charge < -0.3 is 5.11 Å². The minimum Gasteiger partial charge on any atom is -0.478 e. The topological polar surface area (TPSA) is 37.3 Å². The molecule has 0 atom stereocenters. The maximum Gasteiger partial charge on any atom is 0.328 e. The van der Waals surface area contributed by atoms with E-state index in [1.54, 1.807) is 6.92 Å².